The van der Waals surface area contributed by atoms with E-state index in [0.29, 0.717) is 42.8 Å². The maximum atomic E-state index is 12.6. The molecule has 0 aromatic heterocycles. The fraction of sp³-hybridized carbons (Fsp3) is 0.286. The molecule has 1 fully saturated rings. The Labute approximate surface area is 173 Å². The second kappa shape index (κ2) is 9.64. The van der Waals surface area contributed by atoms with E-state index in [1.165, 1.54) is 18.3 Å². The lowest BCUT2D eigenvalue weighted by atomic mass is 9.95. The standard InChI is InChI=1S/C21H22N4O5/c1-30-19-8-4-17(5-9-19)21(27)24-12-10-16(11-13-24)20(26)23-22-14-15-2-6-18(7-3-15)25(28)29/h2-9,14,16H,10-13H2,1H3,(H,23,26)/b22-14-. The number of hydrazone groups is 1. The summed E-state index contributed by atoms with van der Waals surface area (Å²) >= 11 is 0. The molecule has 2 amide bonds. The molecule has 3 rings (SSSR count). The summed E-state index contributed by atoms with van der Waals surface area (Å²) in [5.74, 6) is 0.201. The molecule has 156 valence electrons. The Bertz CT molecular complexity index is 933. The molecule has 9 nitrogen and oxygen atoms in total. The number of nitrogens with zero attached hydrogens (tertiary/aromatic N) is 3. The quantitative estimate of drug-likeness (QED) is 0.447. The number of likely N-dealkylation sites (tertiary alicyclic amines) is 1. The van der Waals surface area contributed by atoms with Crippen LogP contribution in [-0.4, -0.2) is 48.1 Å². The van der Waals surface area contributed by atoms with Gasteiger partial charge in [-0.2, -0.15) is 5.10 Å². The number of piperidine rings is 1. The van der Waals surface area contributed by atoms with Crippen molar-refractivity contribution in [3.8, 4) is 5.75 Å². The predicted molar refractivity (Wildman–Crippen MR) is 110 cm³/mol. The smallest absolute Gasteiger partial charge is 0.269 e. The van der Waals surface area contributed by atoms with Gasteiger partial charge in [-0.15, -0.1) is 0 Å². The van der Waals surface area contributed by atoms with Crippen molar-refractivity contribution in [2.75, 3.05) is 20.2 Å². The van der Waals surface area contributed by atoms with Gasteiger partial charge in [0.1, 0.15) is 5.75 Å². The zero-order valence-electron chi connectivity index (χ0n) is 16.5. The number of hydrogen-bond donors (Lipinski definition) is 1. The fourth-order valence-electron chi connectivity index (χ4n) is 3.20. The van der Waals surface area contributed by atoms with Crippen LogP contribution in [0, 0.1) is 16.0 Å². The lowest BCUT2D eigenvalue weighted by Crippen LogP contribution is -2.42. The van der Waals surface area contributed by atoms with Crippen LogP contribution < -0.4 is 10.2 Å². The Kier molecular flexibility index (Phi) is 6.74. The normalized spacial score (nSPS) is 14.5. The molecular weight excluding hydrogens is 388 g/mol. The van der Waals surface area contributed by atoms with Crippen molar-refractivity contribution in [3.05, 3.63) is 69.8 Å². The van der Waals surface area contributed by atoms with Gasteiger partial charge in [-0.25, -0.2) is 5.43 Å². The monoisotopic (exact) mass is 410 g/mol. The highest BCUT2D eigenvalue weighted by Gasteiger charge is 2.27. The molecule has 0 unspecified atom stereocenters. The van der Waals surface area contributed by atoms with Crippen LogP contribution in [0.4, 0.5) is 5.69 Å². The van der Waals surface area contributed by atoms with Crippen molar-refractivity contribution in [1.29, 1.82) is 0 Å². The Hall–Kier alpha value is -3.75. The van der Waals surface area contributed by atoms with Crippen molar-refractivity contribution < 1.29 is 19.2 Å². The molecule has 9 heteroatoms. The SMILES string of the molecule is COc1ccc(C(=O)N2CCC(C(=O)N/N=C\c3ccc([N+](=O)[O-])cc3)CC2)cc1. The second-order valence-electron chi connectivity index (χ2n) is 6.88. The summed E-state index contributed by atoms with van der Waals surface area (Å²) < 4.78 is 5.10. The molecule has 1 saturated heterocycles. The van der Waals surface area contributed by atoms with Crippen molar-refractivity contribution in [1.82, 2.24) is 10.3 Å². The number of hydrogen-bond acceptors (Lipinski definition) is 6. The lowest BCUT2D eigenvalue weighted by molar-refractivity contribution is -0.384. The van der Waals surface area contributed by atoms with Gasteiger partial charge in [-0.05, 0) is 54.8 Å². The molecule has 0 bridgehead atoms. The predicted octanol–water partition coefficient (Wildman–Crippen LogP) is 2.61. The first kappa shape index (κ1) is 21.0. The molecule has 1 heterocycles. The van der Waals surface area contributed by atoms with Crippen LogP contribution in [0.1, 0.15) is 28.8 Å². The van der Waals surface area contributed by atoms with E-state index in [2.05, 4.69) is 10.5 Å². The number of amides is 2. The second-order valence-corrected chi connectivity index (χ2v) is 6.88. The molecule has 1 aliphatic heterocycles. The zero-order chi connectivity index (χ0) is 21.5. The summed E-state index contributed by atoms with van der Waals surface area (Å²) in [4.78, 5) is 36.8. The maximum Gasteiger partial charge on any atom is 0.269 e. The Morgan fingerprint density at radius 2 is 1.77 bits per heavy atom. The third kappa shape index (κ3) is 5.19. The average molecular weight is 410 g/mol. The molecular formula is C21H22N4O5. The summed E-state index contributed by atoms with van der Waals surface area (Å²) in [5, 5.41) is 14.6. The number of nitro groups is 1. The minimum atomic E-state index is -0.478. The summed E-state index contributed by atoms with van der Waals surface area (Å²) in [5.41, 5.74) is 3.73. The number of non-ortho nitro benzene ring substituents is 1. The molecule has 2 aromatic carbocycles. The van der Waals surface area contributed by atoms with Crippen molar-refractivity contribution in [3.63, 3.8) is 0 Å². The van der Waals surface area contributed by atoms with Gasteiger partial charge in [-0.1, -0.05) is 0 Å². The van der Waals surface area contributed by atoms with E-state index in [1.54, 1.807) is 48.4 Å². The van der Waals surface area contributed by atoms with E-state index in [-0.39, 0.29) is 23.4 Å². The largest absolute Gasteiger partial charge is 0.497 e. The number of methoxy groups -OCH3 is 1. The van der Waals surface area contributed by atoms with Gasteiger partial charge in [0.25, 0.3) is 11.6 Å². The lowest BCUT2D eigenvalue weighted by Gasteiger charge is -2.31. The van der Waals surface area contributed by atoms with E-state index in [0.717, 1.165) is 0 Å². The molecule has 30 heavy (non-hydrogen) atoms. The van der Waals surface area contributed by atoms with E-state index in [1.807, 2.05) is 0 Å². The zero-order valence-corrected chi connectivity index (χ0v) is 16.5. The summed E-state index contributed by atoms with van der Waals surface area (Å²) in [6, 6.07) is 12.8. The number of benzene rings is 2. The molecule has 0 atom stereocenters. The number of nitro benzene ring substituents is 1. The van der Waals surface area contributed by atoms with Crippen LogP contribution in [0.5, 0.6) is 5.75 Å². The Balaban J connectivity index is 1.47. The van der Waals surface area contributed by atoms with Crippen LogP contribution in [0.3, 0.4) is 0 Å². The van der Waals surface area contributed by atoms with Gasteiger partial charge in [0.15, 0.2) is 0 Å². The first-order valence-electron chi connectivity index (χ1n) is 9.48. The first-order chi connectivity index (χ1) is 14.5. The van der Waals surface area contributed by atoms with Gasteiger partial charge in [0.2, 0.25) is 5.91 Å². The number of carbonyl (C=O) groups is 2. The number of carbonyl (C=O) groups excluding carboxylic acids is 2. The molecule has 1 N–H and O–H groups in total. The summed E-state index contributed by atoms with van der Waals surface area (Å²) in [7, 11) is 1.57. The minimum absolute atomic E-state index is 0.00728. The minimum Gasteiger partial charge on any atom is -0.497 e. The number of rotatable bonds is 6. The highest BCUT2D eigenvalue weighted by Crippen LogP contribution is 2.20. The Morgan fingerprint density at radius 3 is 2.33 bits per heavy atom. The van der Waals surface area contributed by atoms with Crippen molar-refractivity contribution in [2.45, 2.75) is 12.8 Å². The van der Waals surface area contributed by atoms with Gasteiger partial charge >= 0.3 is 0 Å². The van der Waals surface area contributed by atoms with Crippen molar-refractivity contribution in [2.24, 2.45) is 11.0 Å². The third-order valence-corrected chi connectivity index (χ3v) is 4.98. The van der Waals surface area contributed by atoms with Crippen LogP contribution in [0.2, 0.25) is 0 Å². The van der Waals surface area contributed by atoms with Crippen LogP contribution in [0.15, 0.2) is 53.6 Å². The highest BCUT2D eigenvalue weighted by atomic mass is 16.6. The Morgan fingerprint density at radius 1 is 1.13 bits per heavy atom. The van der Waals surface area contributed by atoms with Gasteiger partial charge < -0.3 is 9.64 Å². The van der Waals surface area contributed by atoms with Gasteiger partial charge in [0, 0.05) is 36.7 Å². The molecule has 2 aromatic rings. The molecule has 1 aliphatic rings. The van der Waals surface area contributed by atoms with Crippen LogP contribution >= 0.6 is 0 Å². The third-order valence-electron chi connectivity index (χ3n) is 4.98. The van der Waals surface area contributed by atoms with Crippen LogP contribution in [-0.2, 0) is 4.79 Å². The topological polar surface area (TPSA) is 114 Å². The van der Waals surface area contributed by atoms with E-state index < -0.39 is 4.92 Å². The summed E-state index contributed by atoms with van der Waals surface area (Å²) in [6.45, 7) is 0.990. The van der Waals surface area contributed by atoms with E-state index in [4.69, 9.17) is 4.74 Å². The summed E-state index contributed by atoms with van der Waals surface area (Å²) in [6.07, 6.45) is 2.55. The molecule has 0 radical (unpaired) electrons. The number of nitrogens with one attached hydrogen (secondary N) is 1. The van der Waals surface area contributed by atoms with E-state index in [9.17, 15) is 19.7 Å². The van der Waals surface area contributed by atoms with Crippen molar-refractivity contribution >= 4 is 23.7 Å². The molecule has 0 spiro atoms. The van der Waals surface area contributed by atoms with Crippen LogP contribution in [0.25, 0.3) is 0 Å². The molecule has 0 aliphatic carbocycles. The maximum absolute atomic E-state index is 12.6. The van der Waals surface area contributed by atoms with Gasteiger partial charge in [0.05, 0.1) is 18.2 Å². The molecule has 0 saturated carbocycles. The highest BCUT2D eigenvalue weighted by molar-refractivity contribution is 5.94. The average Bonchev–Trinajstić information content (AvgIpc) is 2.79. The fourth-order valence-corrected chi connectivity index (χ4v) is 3.20. The number of ether oxygens (including phenoxy) is 1. The van der Waals surface area contributed by atoms with Gasteiger partial charge in [-0.3, -0.25) is 19.7 Å². The van der Waals surface area contributed by atoms with E-state index >= 15 is 0 Å². The first-order valence-corrected chi connectivity index (χ1v) is 9.48.